The summed E-state index contributed by atoms with van der Waals surface area (Å²) < 4.78 is 38.2. The Kier molecular flexibility index (Phi) is 7.40. The van der Waals surface area contributed by atoms with Crippen LogP contribution < -0.4 is 20.1 Å². The van der Waals surface area contributed by atoms with Crippen LogP contribution in [0.2, 0.25) is 0 Å². The lowest BCUT2D eigenvalue weighted by Crippen LogP contribution is -2.41. The molecule has 0 bridgehead atoms. The number of amides is 3. The van der Waals surface area contributed by atoms with Crippen molar-refractivity contribution in [3.05, 3.63) is 23.8 Å². The number of halogens is 2. The Morgan fingerprint density at radius 1 is 1.21 bits per heavy atom. The van der Waals surface area contributed by atoms with E-state index in [4.69, 9.17) is 9.47 Å². The van der Waals surface area contributed by atoms with Crippen LogP contribution in [0.4, 0.5) is 13.6 Å². The summed E-state index contributed by atoms with van der Waals surface area (Å²) in [6, 6.07) is 2.69. The molecule has 1 aromatic rings. The Hall–Kier alpha value is -2.91. The molecule has 0 aliphatic heterocycles. The predicted molar refractivity (Wildman–Crippen MR) is 77.1 cm³/mol. The molecule has 8 nitrogen and oxygen atoms in total. The zero-order valence-electron chi connectivity index (χ0n) is 12.9. The molecule has 0 radical (unpaired) electrons. The van der Waals surface area contributed by atoms with Gasteiger partial charge < -0.3 is 19.5 Å². The number of carbonyl (C=O) groups excluding carboxylic acids is 3. The molecule has 2 N–H and O–H groups in total. The lowest BCUT2D eigenvalue weighted by atomic mass is 10.2. The molecule has 0 aliphatic rings. The average molecular weight is 346 g/mol. The van der Waals surface area contributed by atoms with Gasteiger partial charge in [-0.05, 0) is 25.1 Å². The van der Waals surface area contributed by atoms with Gasteiger partial charge in [0.1, 0.15) is 0 Å². The lowest BCUT2D eigenvalue weighted by Gasteiger charge is -2.11. The van der Waals surface area contributed by atoms with Crippen LogP contribution in [0.15, 0.2) is 18.2 Å². The van der Waals surface area contributed by atoms with Gasteiger partial charge in [0.05, 0.1) is 12.7 Å². The summed E-state index contributed by atoms with van der Waals surface area (Å²) in [5, 5.41) is 4.28. The number of hydrogen-bond acceptors (Lipinski definition) is 6. The second kappa shape index (κ2) is 9.28. The molecule has 3 amide bonds. The Labute approximate surface area is 136 Å². The van der Waals surface area contributed by atoms with Crippen LogP contribution in [-0.2, 0) is 9.53 Å². The smallest absolute Gasteiger partial charge is 0.387 e. The quantitative estimate of drug-likeness (QED) is 0.722. The Morgan fingerprint density at radius 2 is 1.92 bits per heavy atom. The second-order valence-corrected chi connectivity index (χ2v) is 4.23. The molecule has 0 atom stereocenters. The van der Waals surface area contributed by atoms with Crippen molar-refractivity contribution in [1.29, 1.82) is 0 Å². The van der Waals surface area contributed by atoms with Crippen molar-refractivity contribution >= 4 is 17.9 Å². The van der Waals surface area contributed by atoms with Crippen molar-refractivity contribution in [2.24, 2.45) is 0 Å². The molecule has 10 heteroatoms. The molecular weight excluding hydrogens is 330 g/mol. The topological polar surface area (TPSA) is 103 Å². The minimum atomic E-state index is -3.05. The highest BCUT2D eigenvalue weighted by Crippen LogP contribution is 2.29. The highest BCUT2D eigenvalue weighted by Gasteiger charge is 2.16. The number of nitrogens with one attached hydrogen (secondary N) is 2. The molecule has 0 saturated carbocycles. The number of esters is 1. The monoisotopic (exact) mass is 346 g/mol. The zero-order valence-corrected chi connectivity index (χ0v) is 12.9. The highest BCUT2D eigenvalue weighted by molar-refractivity contribution is 5.97. The summed E-state index contributed by atoms with van der Waals surface area (Å²) in [6.07, 6.45) is 0. The van der Waals surface area contributed by atoms with E-state index in [1.165, 1.54) is 13.2 Å². The van der Waals surface area contributed by atoms with E-state index in [0.717, 1.165) is 12.1 Å². The number of urea groups is 1. The van der Waals surface area contributed by atoms with Gasteiger partial charge in [-0.15, -0.1) is 0 Å². The normalized spacial score (nSPS) is 10.0. The molecule has 0 aliphatic carbocycles. The Balaban J connectivity index is 2.64. The molecule has 1 rings (SSSR count). The number of rotatable bonds is 7. The van der Waals surface area contributed by atoms with Gasteiger partial charge >= 0.3 is 18.6 Å². The van der Waals surface area contributed by atoms with E-state index in [1.54, 1.807) is 6.92 Å². The fourth-order valence-electron chi connectivity index (χ4n) is 1.57. The third-order valence-electron chi connectivity index (χ3n) is 2.54. The zero-order chi connectivity index (χ0) is 18.1. The van der Waals surface area contributed by atoms with Crippen molar-refractivity contribution in [3.63, 3.8) is 0 Å². The first-order valence-corrected chi connectivity index (χ1v) is 6.75. The molecule has 0 spiro atoms. The van der Waals surface area contributed by atoms with Crippen LogP contribution in [0.1, 0.15) is 17.3 Å². The predicted octanol–water partition coefficient (Wildman–Crippen LogP) is 1.30. The highest BCUT2D eigenvalue weighted by atomic mass is 19.3. The number of ether oxygens (including phenoxy) is 3. The van der Waals surface area contributed by atoms with Crippen molar-refractivity contribution < 1.29 is 37.4 Å². The maximum atomic E-state index is 12.2. The Morgan fingerprint density at radius 3 is 2.50 bits per heavy atom. The maximum absolute atomic E-state index is 12.2. The van der Waals surface area contributed by atoms with Crippen LogP contribution in [-0.4, -0.2) is 44.8 Å². The standard InChI is InChI=1S/C14H16F2N2O6/c1-3-17-14(21)18-11(19)7-23-12(20)8-4-5-9(24-13(15)16)10(6-8)22-2/h4-6,13H,3,7H2,1-2H3,(H2,17,18,19,21). The van der Waals surface area contributed by atoms with E-state index >= 15 is 0 Å². The van der Waals surface area contributed by atoms with Crippen LogP contribution >= 0.6 is 0 Å². The van der Waals surface area contributed by atoms with Gasteiger partial charge in [0.2, 0.25) is 0 Å². The van der Waals surface area contributed by atoms with Crippen molar-refractivity contribution in [3.8, 4) is 11.5 Å². The number of carbonyl (C=O) groups is 3. The molecule has 0 aromatic heterocycles. The fourth-order valence-corrected chi connectivity index (χ4v) is 1.57. The molecule has 0 saturated heterocycles. The number of hydrogen-bond donors (Lipinski definition) is 2. The molecule has 24 heavy (non-hydrogen) atoms. The van der Waals surface area contributed by atoms with E-state index in [0.29, 0.717) is 6.54 Å². The van der Waals surface area contributed by atoms with Crippen molar-refractivity contribution in [1.82, 2.24) is 10.6 Å². The summed E-state index contributed by atoms with van der Waals surface area (Å²) in [7, 11) is 1.21. The maximum Gasteiger partial charge on any atom is 0.387 e. The largest absolute Gasteiger partial charge is 0.493 e. The van der Waals surface area contributed by atoms with E-state index in [9.17, 15) is 23.2 Å². The first-order chi connectivity index (χ1) is 11.4. The molecule has 1 aromatic carbocycles. The SMILES string of the molecule is CCNC(=O)NC(=O)COC(=O)c1ccc(OC(F)F)c(OC)c1. The summed E-state index contributed by atoms with van der Waals surface area (Å²) in [5.41, 5.74) is -0.0423. The number of methoxy groups -OCH3 is 1. The van der Waals surface area contributed by atoms with Crippen LogP contribution in [0, 0.1) is 0 Å². The van der Waals surface area contributed by atoms with Crippen LogP contribution in [0.3, 0.4) is 0 Å². The Bertz CT molecular complexity index is 609. The molecule has 0 heterocycles. The first kappa shape index (κ1) is 19.1. The van der Waals surface area contributed by atoms with Crippen molar-refractivity contribution in [2.75, 3.05) is 20.3 Å². The third-order valence-corrected chi connectivity index (χ3v) is 2.54. The van der Waals surface area contributed by atoms with Gasteiger partial charge in [0.25, 0.3) is 5.91 Å². The van der Waals surface area contributed by atoms with E-state index in [2.05, 4.69) is 10.1 Å². The number of alkyl halides is 2. The number of imide groups is 1. The summed E-state index contributed by atoms with van der Waals surface area (Å²) in [4.78, 5) is 34.3. The van der Waals surface area contributed by atoms with Crippen LogP contribution in [0.5, 0.6) is 11.5 Å². The first-order valence-electron chi connectivity index (χ1n) is 6.75. The summed E-state index contributed by atoms with van der Waals surface area (Å²) in [6.45, 7) is -1.74. The van der Waals surface area contributed by atoms with Gasteiger partial charge in [-0.25, -0.2) is 9.59 Å². The molecule has 0 fully saturated rings. The lowest BCUT2D eigenvalue weighted by molar-refractivity contribution is -0.123. The molecular formula is C14H16F2N2O6. The van der Waals surface area contributed by atoms with Gasteiger partial charge in [0.15, 0.2) is 18.1 Å². The number of benzene rings is 1. The van der Waals surface area contributed by atoms with E-state index in [-0.39, 0.29) is 17.1 Å². The molecule has 132 valence electrons. The van der Waals surface area contributed by atoms with Crippen molar-refractivity contribution in [2.45, 2.75) is 13.5 Å². The summed E-state index contributed by atoms with van der Waals surface area (Å²) in [5.74, 6) is -2.07. The van der Waals surface area contributed by atoms with Gasteiger partial charge in [0, 0.05) is 6.54 Å². The fraction of sp³-hybridized carbons (Fsp3) is 0.357. The minimum absolute atomic E-state index is 0.0423. The van der Waals surface area contributed by atoms with E-state index in [1.807, 2.05) is 5.32 Å². The second-order valence-electron chi connectivity index (χ2n) is 4.23. The van der Waals surface area contributed by atoms with Gasteiger partial charge in [-0.2, -0.15) is 8.78 Å². The average Bonchev–Trinajstić information content (AvgIpc) is 2.52. The van der Waals surface area contributed by atoms with Gasteiger partial charge in [-0.1, -0.05) is 0 Å². The summed E-state index contributed by atoms with van der Waals surface area (Å²) >= 11 is 0. The molecule has 0 unspecified atom stereocenters. The third kappa shape index (κ3) is 6.07. The van der Waals surface area contributed by atoms with Crippen LogP contribution in [0.25, 0.3) is 0 Å². The van der Waals surface area contributed by atoms with E-state index < -0.39 is 31.1 Å². The van der Waals surface area contributed by atoms with Gasteiger partial charge in [-0.3, -0.25) is 10.1 Å². The minimum Gasteiger partial charge on any atom is -0.493 e.